The highest BCUT2D eigenvalue weighted by Crippen LogP contribution is 2.36. The van der Waals surface area contributed by atoms with E-state index in [2.05, 4.69) is 6.58 Å². The lowest BCUT2D eigenvalue weighted by Gasteiger charge is -2.27. The van der Waals surface area contributed by atoms with Gasteiger partial charge in [0, 0.05) is 17.6 Å². The van der Waals surface area contributed by atoms with E-state index in [-0.39, 0.29) is 12.0 Å². The summed E-state index contributed by atoms with van der Waals surface area (Å²) in [5.41, 5.74) is 2.34. The second-order valence-corrected chi connectivity index (χ2v) is 6.49. The van der Waals surface area contributed by atoms with Crippen LogP contribution in [0.1, 0.15) is 40.0 Å². The highest BCUT2D eigenvalue weighted by atomic mass is 16.6. The van der Waals surface area contributed by atoms with Gasteiger partial charge in [0.1, 0.15) is 18.5 Å². The molecule has 1 fully saturated rings. The first-order chi connectivity index (χ1) is 11.9. The van der Waals surface area contributed by atoms with E-state index >= 15 is 0 Å². The maximum Gasteiger partial charge on any atom is 0.334 e. The van der Waals surface area contributed by atoms with Crippen LogP contribution in [-0.2, 0) is 23.9 Å². The molecule has 1 heterocycles. The van der Waals surface area contributed by atoms with Crippen molar-refractivity contribution in [1.82, 2.24) is 0 Å². The number of rotatable bonds is 3. The van der Waals surface area contributed by atoms with Gasteiger partial charge in [-0.2, -0.15) is 0 Å². The smallest absolute Gasteiger partial charge is 0.334 e. The molecule has 5 nitrogen and oxygen atoms in total. The van der Waals surface area contributed by atoms with Gasteiger partial charge in [-0.15, -0.1) is 0 Å². The Labute approximate surface area is 148 Å². The molecule has 0 aromatic rings. The highest BCUT2D eigenvalue weighted by Gasteiger charge is 2.44. The van der Waals surface area contributed by atoms with E-state index in [4.69, 9.17) is 9.47 Å². The molecule has 3 atom stereocenters. The van der Waals surface area contributed by atoms with Crippen molar-refractivity contribution in [2.75, 3.05) is 0 Å². The van der Waals surface area contributed by atoms with Gasteiger partial charge in [0.2, 0.25) is 0 Å². The molecule has 5 heteroatoms. The first-order valence-electron chi connectivity index (χ1n) is 8.42. The van der Waals surface area contributed by atoms with E-state index in [1.807, 2.05) is 19.1 Å². The fourth-order valence-electron chi connectivity index (χ4n) is 3.03. The molecule has 0 amide bonds. The van der Waals surface area contributed by atoms with E-state index in [0.29, 0.717) is 17.6 Å². The number of esters is 2. The number of hydrogen-bond donors (Lipinski definition) is 0. The molecule has 0 bridgehead atoms. The van der Waals surface area contributed by atoms with Crippen molar-refractivity contribution < 1.29 is 23.9 Å². The third-order valence-corrected chi connectivity index (χ3v) is 4.66. The topological polar surface area (TPSA) is 69.7 Å². The molecule has 0 N–H and O–H groups in total. The Hall–Kier alpha value is -2.43. The van der Waals surface area contributed by atoms with Gasteiger partial charge < -0.3 is 9.47 Å². The first kappa shape index (κ1) is 18.9. The predicted molar refractivity (Wildman–Crippen MR) is 93.6 cm³/mol. The summed E-state index contributed by atoms with van der Waals surface area (Å²) < 4.78 is 11.1. The van der Waals surface area contributed by atoms with Gasteiger partial charge in [0.15, 0.2) is 0 Å². The molecular formula is C20H24O5. The zero-order valence-electron chi connectivity index (χ0n) is 14.9. The number of carbonyl (C=O) groups is 3. The second-order valence-electron chi connectivity index (χ2n) is 6.49. The summed E-state index contributed by atoms with van der Waals surface area (Å²) >= 11 is 0. The molecule has 134 valence electrons. The van der Waals surface area contributed by atoms with E-state index in [9.17, 15) is 14.4 Å². The largest absolute Gasteiger partial charge is 0.458 e. The Kier molecular flexibility index (Phi) is 6.12. The van der Waals surface area contributed by atoms with Gasteiger partial charge in [0.25, 0.3) is 0 Å². The van der Waals surface area contributed by atoms with Crippen LogP contribution in [0.2, 0.25) is 0 Å². The second kappa shape index (κ2) is 8.10. The maximum atomic E-state index is 12.3. The fraction of sp³-hybridized carbons (Fsp3) is 0.450. The normalized spacial score (nSPS) is 31.8. The third kappa shape index (κ3) is 4.35. The maximum absolute atomic E-state index is 12.3. The van der Waals surface area contributed by atoms with Crippen LogP contribution in [0.4, 0.5) is 0 Å². The number of ether oxygens (including phenoxy) is 2. The molecule has 2 aliphatic rings. The van der Waals surface area contributed by atoms with Gasteiger partial charge in [0.05, 0.1) is 5.92 Å². The fourth-order valence-corrected chi connectivity index (χ4v) is 3.03. The van der Waals surface area contributed by atoms with Crippen molar-refractivity contribution in [1.29, 1.82) is 0 Å². The molecule has 1 aliphatic heterocycles. The molecule has 0 radical (unpaired) electrons. The number of hydrogen-bond acceptors (Lipinski definition) is 5. The highest BCUT2D eigenvalue weighted by molar-refractivity contribution is 5.92. The average Bonchev–Trinajstić information content (AvgIpc) is 2.85. The molecule has 1 saturated heterocycles. The summed E-state index contributed by atoms with van der Waals surface area (Å²) in [6.45, 7) is 9.18. The first-order valence-corrected chi connectivity index (χ1v) is 8.42. The minimum absolute atomic E-state index is 0.232. The van der Waals surface area contributed by atoms with Crippen LogP contribution >= 0.6 is 0 Å². The standard InChI is InChI=1S/C20H24O5/c1-5-13(3)19(22)24-17-10-15(11-21)8-6-7-12(2)9-16-18(17)14(4)20(23)25-16/h5,8-9,11,16-18H,4,6-7,10H2,1-3H3/b12-9+,13-5-,15-8-/t16-,17-,18+/m1/s1. The van der Waals surface area contributed by atoms with Crippen LogP contribution in [0.15, 0.2) is 47.1 Å². The number of allylic oxidation sites excluding steroid dienone is 3. The van der Waals surface area contributed by atoms with Crippen LogP contribution in [0.25, 0.3) is 0 Å². The lowest BCUT2D eigenvalue weighted by atomic mass is 9.85. The predicted octanol–water partition coefficient (Wildman–Crippen LogP) is 3.22. The Morgan fingerprint density at radius 3 is 2.80 bits per heavy atom. The van der Waals surface area contributed by atoms with E-state index in [0.717, 1.165) is 18.3 Å². The van der Waals surface area contributed by atoms with Gasteiger partial charge in [-0.05, 0) is 45.3 Å². The summed E-state index contributed by atoms with van der Waals surface area (Å²) in [7, 11) is 0. The minimum atomic E-state index is -0.690. The molecule has 2 rings (SSSR count). The Morgan fingerprint density at radius 1 is 1.44 bits per heavy atom. The minimum Gasteiger partial charge on any atom is -0.458 e. The third-order valence-electron chi connectivity index (χ3n) is 4.66. The number of carbonyl (C=O) groups excluding carboxylic acids is 3. The number of fused-ring (bicyclic) bond motifs is 1. The van der Waals surface area contributed by atoms with Crippen LogP contribution in [0.5, 0.6) is 0 Å². The Bertz CT molecular complexity index is 680. The summed E-state index contributed by atoms with van der Waals surface area (Å²) in [6.07, 6.45) is 6.67. The number of aldehydes is 1. The zero-order valence-corrected chi connectivity index (χ0v) is 14.9. The zero-order chi connectivity index (χ0) is 18.6. The van der Waals surface area contributed by atoms with Gasteiger partial charge in [-0.25, -0.2) is 9.59 Å². The molecule has 0 unspecified atom stereocenters. The molecule has 1 aliphatic carbocycles. The van der Waals surface area contributed by atoms with Crippen LogP contribution in [0, 0.1) is 5.92 Å². The molecule has 0 saturated carbocycles. The van der Waals surface area contributed by atoms with Crippen molar-refractivity contribution in [3.63, 3.8) is 0 Å². The SMILES string of the molecule is C=C1C(=O)O[C@@H]2/C=C(\C)CC/C=C(\C=O)C[C@@H](OC(=O)/C(C)=C\C)[C@@H]12. The van der Waals surface area contributed by atoms with Crippen LogP contribution in [0.3, 0.4) is 0 Å². The lowest BCUT2D eigenvalue weighted by molar-refractivity contribution is -0.147. The lowest BCUT2D eigenvalue weighted by Crippen LogP contribution is -2.34. The van der Waals surface area contributed by atoms with Gasteiger partial charge >= 0.3 is 11.9 Å². The summed E-state index contributed by atoms with van der Waals surface area (Å²) in [4.78, 5) is 35.7. The summed E-state index contributed by atoms with van der Waals surface area (Å²) in [5, 5.41) is 0. The quantitative estimate of drug-likeness (QED) is 0.340. The average molecular weight is 344 g/mol. The molecule has 0 aromatic carbocycles. The van der Waals surface area contributed by atoms with Crippen LogP contribution < -0.4 is 0 Å². The van der Waals surface area contributed by atoms with Crippen molar-refractivity contribution in [2.45, 2.75) is 52.2 Å². The van der Waals surface area contributed by atoms with Gasteiger partial charge in [-0.1, -0.05) is 24.3 Å². The van der Waals surface area contributed by atoms with Crippen LogP contribution in [-0.4, -0.2) is 30.4 Å². The van der Waals surface area contributed by atoms with E-state index in [1.165, 1.54) is 0 Å². The molecule has 25 heavy (non-hydrogen) atoms. The van der Waals surface area contributed by atoms with Gasteiger partial charge in [-0.3, -0.25) is 4.79 Å². The monoisotopic (exact) mass is 344 g/mol. The molecule has 0 spiro atoms. The van der Waals surface area contributed by atoms with Crippen molar-refractivity contribution >= 4 is 18.2 Å². The summed E-state index contributed by atoms with van der Waals surface area (Å²) in [6, 6.07) is 0. The molecule has 0 aromatic heterocycles. The van der Waals surface area contributed by atoms with Crippen molar-refractivity contribution in [2.24, 2.45) is 5.92 Å². The van der Waals surface area contributed by atoms with E-state index < -0.39 is 30.1 Å². The van der Waals surface area contributed by atoms with Crippen molar-refractivity contribution in [3.05, 3.63) is 47.1 Å². The van der Waals surface area contributed by atoms with Crippen molar-refractivity contribution in [3.8, 4) is 0 Å². The summed E-state index contributed by atoms with van der Waals surface area (Å²) in [5.74, 6) is -1.46. The Balaban J connectivity index is 2.42. The Morgan fingerprint density at radius 2 is 2.16 bits per heavy atom. The van der Waals surface area contributed by atoms with E-state index in [1.54, 1.807) is 19.9 Å². The molecular weight excluding hydrogens is 320 g/mol.